The molecule has 6 heteroatoms. The lowest BCUT2D eigenvalue weighted by Gasteiger charge is -2.16. The lowest BCUT2D eigenvalue weighted by molar-refractivity contribution is 0.0812. The first-order chi connectivity index (χ1) is 12.9. The number of hydrogen-bond donors (Lipinski definition) is 0. The average molecular weight is 383 g/mol. The molecule has 0 spiro atoms. The number of likely N-dealkylation sites (N-methyl/N-ethyl adjacent to an activating group) is 2. The molecule has 0 aliphatic heterocycles. The van der Waals surface area contributed by atoms with E-state index >= 15 is 0 Å². The van der Waals surface area contributed by atoms with Gasteiger partial charge in [-0.1, -0.05) is 19.9 Å². The summed E-state index contributed by atoms with van der Waals surface area (Å²) in [5, 5.41) is 0. The van der Waals surface area contributed by atoms with Crippen LogP contribution in [0.4, 0.5) is 0 Å². The Bertz CT molecular complexity index is 507. The van der Waals surface area contributed by atoms with Gasteiger partial charge in [-0.15, -0.1) is 0 Å². The predicted molar refractivity (Wildman–Crippen MR) is 110 cm³/mol. The van der Waals surface area contributed by atoms with Gasteiger partial charge in [-0.3, -0.25) is 0 Å². The van der Waals surface area contributed by atoms with Crippen molar-refractivity contribution in [2.24, 2.45) is 0 Å². The molecule has 0 fully saturated rings. The van der Waals surface area contributed by atoms with Crippen molar-refractivity contribution in [3.05, 3.63) is 23.8 Å². The van der Waals surface area contributed by atoms with Crippen molar-refractivity contribution in [3.63, 3.8) is 0 Å². The van der Waals surface area contributed by atoms with Gasteiger partial charge in [0.2, 0.25) is 0 Å². The molecule has 0 radical (unpaired) electrons. The third kappa shape index (κ3) is 11.2. The van der Waals surface area contributed by atoms with Gasteiger partial charge in [-0.05, 0) is 51.8 Å². The van der Waals surface area contributed by atoms with Gasteiger partial charge in [0.1, 0.15) is 13.2 Å². The molecule has 0 saturated heterocycles. The van der Waals surface area contributed by atoms with Crippen molar-refractivity contribution in [2.45, 2.75) is 19.8 Å². The van der Waals surface area contributed by atoms with Crippen LogP contribution in [0, 0.1) is 0 Å². The van der Waals surface area contributed by atoms with Gasteiger partial charge in [-0.2, -0.15) is 0 Å². The lowest BCUT2D eigenvalue weighted by Crippen LogP contribution is -2.20. The van der Waals surface area contributed by atoms with Crippen LogP contribution >= 0.6 is 0 Å². The van der Waals surface area contributed by atoms with Crippen molar-refractivity contribution in [3.8, 4) is 11.5 Å². The van der Waals surface area contributed by atoms with Crippen LogP contribution in [0.1, 0.15) is 25.3 Å². The van der Waals surface area contributed by atoms with Crippen LogP contribution in [0.5, 0.6) is 11.5 Å². The van der Waals surface area contributed by atoms with Crippen molar-refractivity contribution in [1.29, 1.82) is 0 Å². The molecule has 0 N–H and O–H groups in total. The molecule has 0 amide bonds. The van der Waals surface area contributed by atoms with E-state index < -0.39 is 0 Å². The van der Waals surface area contributed by atoms with E-state index in [1.807, 2.05) is 34.3 Å². The Labute approximate surface area is 165 Å². The highest BCUT2D eigenvalue weighted by Gasteiger charge is 2.09. The van der Waals surface area contributed by atoms with Crippen LogP contribution in [0.2, 0.25) is 0 Å². The van der Waals surface area contributed by atoms with Crippen LogP contribution in [0.25, 0.3) is 0 Å². The maximum atomic E-state index is 5.93. The Hall–Kier alpha value is -1.34. The van der Waals surface area contributed by atoms with Gasteiger partial charge in [0.25, 0.3) is 0 Å². The minimum absolute atomic E-state index is 0.437. The first-order valence-corrected chi connectivity index (χ1v) is 9.74. The van der Waals surface area contributed by atoms with Crippen molar-refractivity contribution >= 4 is 0 Å². The highest BCUT2D eigenvalue weighted by atomic mass is 16.6. The topological polar surface area (TPSA) is 43.4 Å². The summed E-state index contributed by atoms with van der Waals surface area (Å²) >= 11 is 0. The van der Waals surface area contributed by atoms with Crippen LogP contribution in [0.15, 0.2) is 18.2 Å². The van der Waals surface area contributed by atoms with Crippen molar-refractivity contribution in [1.82, 2.24) is 9.80 Å². The summed E-state index contributed by atoms with van der Waals surface area (Å²) in [7, 11) is 8.13. The van der Waals surface area contributed by atoms with E-state index in [0.717, 1.165) is 24.6 Å². The van der Waals surface area contributed by atoms with E-state index in [4.69, 9.17) is 18.9 Å². The van der Waals surface area contributed by atoms with Crippen molar-refractivity contribution in [2.75, 3.05) is 80.9 Å². The Kier molecular flexibility index (Phi) is 12.1. The maximum absolute atomic E-state index is 5.93. The second-order valence-electron chi connectivity index (χ2n) is 7.39. The smallest absolute Gasteiger partial charge is 0.161 e. The highest BCUT2D eigenvalue weighted by molar-refractivity contribution is 5.43. The van der Waals surface area contributed by atoms with Crippen LogP contribution < -0.4 is 9.47 Å². The molecule has 1 rings (SSSR count). The van der Waals surface area contributed by atoms with Crippen LogP contribution in [-0.2, 0) is 9.47 Å². The number of nitrogens with zero attached hydrogens (tertiary/aromatic N) is 2. The Morgan fingerprint density at radius 1 is 0.704 bits per heavy atom. The summed E-state index contributed by atoms with van der Waals surface area (Å²) in [5.74, 6) is 1.96. The van der Waals surface area contributed by atoms with E-state index in [0.29, 0.717) is 45.6 Å². The predicted octanol–water partition coefficient (Wildman–Crippen LogP) is 2.72. The maximum Gasteiger partial charge on any atom is 0.161 e. The largest absolute Gasteiger partial charge is 0.487 e. The Morgan fingerprint density at radius 3 is 1.70 bits per heavy atom. The van der Waals surface area contributed by atoms with Gasteiger partial charge >= 0.3 is 0 Å². The molecule has 0 atom stereocenters. The molecule has 27 heavy (non-hydrogen) atoms. The number of ether oxygens (including phenoxy) is 4. The summed E-state index contributed by atoms with van der Waals surface area (Å²) < 4.78 is 23.0. The fraction of sp³-hybridized carbons (Fsp3) is 0.714. The van der Waals surface area contributed by atoms with E-state index in [-0.39, 0.29) is 0 Å². The summed E-state index contributed by atoms with van der Waals surface area (Å²) in [6.07, 6.45) is 0. The third-order valence-electron chi connectivity index (χ3n) is 3.97. The molecule has 1 aromatic carbocycles. The average Bonchev–Trinajstić information content (AvgIpc) is 2.61. The molecular weight excluding hydrogens is 344 g/mol. The van der Waals surface area contributed by atoms with Crippen LogP contribution in [-0.4, -0.2) is 90.7 Å². The molecule has 0 heterocycles. The van der Waals surface area contributed by atoms with Gasteiger partial charge in [0.15, 0.2) is 11.5 Å². The SMILES string of the molecule is CC(C)c1ccc(OCCOCCN(C)C)c(OCCOCCN(C)C)c1. The quantitative estimate of drug-likeness (QED) is 0.435. The van der Waals surface area contributed by atoms with Crippen LogP contribution in [0.3, 0.4) is 0 Å². The number of benzene rings is 1. The molecule has 0 unspecified atom stereocenters. The molecule has 0 aliphatic rings. The molecule has 0 bridgehead atoms. The molecule has 1 aromatic rings. The molecule has 0 aliphatic carbocycles. The molecule has 6 nitrogen and oxygen atoms in total. The zero-order valence-electron chi connectivity index (χ0n) is 18.0. The minimum Gasteiger partial charge on any atom is -0.487 e. The van der Waals surface area contributed by atoms with Gasteiger partial charge in [-0.25, -0.2) is 0 Å². The fourth-order valence-corrected chi connectivity index (χ4v) is 2.24. The van der Waals surface area contributed by atoms with E-state index in [1.54, 1.807) is 0 Å². The summed E-state index contributed by atoms with van der Waals surface area (Å²) in [4.78, 5) is 4.19. The second kappa shape index (κ2) is 13.8. The second-order valence-corrected chi connectivity index (χ2v) is 7.39. The monoisotopic (exact) mass is 382 g/mol. The van der Waals surface area contributed by atoms with E-state index in [9.17, 15) is 0 Å². The zero-order chi connectivity index (χ0) is 20.1. The summed E-state index contributed by atoms with van der Waals surface area (Å²) in [6.45, 7) is 9.70. The molecule has 0 aromatic heterocycles. The number of rotatable bonds is 15. The molecule has 156 valence electrons. The Balaban J connectivity index is 2.45. The Morgan fingerprint density at radius 2 is 1.22 bits per heavy atom. The standard InChI is InChI=1S/C21H38N2O4/c1-18(2)19-7-8-20(26-15-13-24-11-9-22(3)4)21(17-19)27-16-14-25-12-10-23(5)6/h7-8,17-18H,9-16H2,1-6H3. The highest BCUT2D eigenvalue weighted by Crippen LogP contribution is 2.31. The van der Waals surface area contributed by atoms with Crippen molar-refractivity contribution < 1.29 is 18.9 Å². The van der Waals surface area contributed by atoms with E-state index in [1.165, 1.54) is 5.56 Å². The van der Waals surface area contributed by atoms with E-state index in [2.05, 4.69) is 35.8 Å². The third-order valence-corrected chi connectivity index (χ3v) is 3.97. The first kappa shape index (κ1) is 23.7. The minimum atomic E-state index is 0.437. The normalized spacial score (nSPS) is 11.6. The summed E-state index contributed by atoms with van der Waals surface area (Å²) in [5.41, 5.74) is 1.23. The fourth-order valence-electron chi connectivity index (χ4n) is 2.24. The lowest BCUT2D eigenvalue weighted by atomic mass is 10.0. The molecule has 0 saturated carbocycles. The number of hydrogen-bond acceptors (Lipinski definition) is 6. The van der Waals surface area contributed by atoms with Gasteiger partial charge in [0, 0.05) is 13.1 Å². The van der Waals surface area contributed by atoms with Gasteiger partial charge < -0.3 is 28.7 Å². The van der Waals surface area contributed by atoms with Gasteiger partial charge in [0.05, 0.1) is 26.4 Å². The zero-order valence-corrected chi connectivity index (χ0v) is 18.0. The molecular formula is C21H38N2O4. The summed E-state index contributed by atoms with van der Waals surface area (Å²) in [6, 6.07) is 6.14. The first-order valence-electron chi connectivity index (χ1n) is 9.74.